The third kappa shape index (κ3) is 4.63. The van der Waals surface area contributed by atoms with E-state index in [4.69, 9.17) is 9.15 Å². The van der Waals surface area contributed by atoms with E-state index < -0.39 is 0 Å². The fourth-order valence-electron chi connectivity index (χ4n) is 4.54. The number of nitrogens with zero attached hydrogens (tertiary/aromatic N) is 4. The Morgan fingerprint density at radius 2 is 1.76 bits per heavy atom. The largest absolute Gasteiger partial charge is 0.419 e. The van der Waals surface area contributed by atoms with Crippen LogP contribution in [0.5, 0.6) is 0 Å². The van der Waals surface area contributed by atoms with E-state index in [0.29, 0.717) is 35.6 Å². The fraction of sp³-hybridized carbons (Fsp3) is 0.565. The predicted octanol–water partition coefficient (Wildman–Crippen LogP) is 3.85. The standard InChI is InChI=1S/C23H30N4O2/c1-16-4-6-20(7-5-16)22-25-21(12-24)23(29-22)27-10-8-19(9-11-27)15-26-13-17(2)28-18(3)14-26/h4-7,17-19H,8-11,13-15H2,1-3H3. The highest BCUT2D eigenvalue weighted by Gasteiger charge is 2.29. The van der Waals surface area contributed by atoms with Crippen molar-refractivity contribution in [3.05, 3.63) is 35.5 Å². The van der Waals surface area contributed by atoms with E-state index in [9.17, 15) is 5.26 Å². The molecule has 2 fully saturated rings. The first kappa shape index (κ1) is 19.9. The Labute approximate surface area is 173 Å². The molecule has 2 aromatic rings. The summed E-state index contributed by atoms with van der Waals surface area (Å²) in [6, 6.07) is 10.3. The Hall–Kier alpha value is -2.36. The molecule has 29 heavy (non-hydrogen) atoms. The van der Waals surface area contributed by atoms with E-state index in [2.05, 4.69) is 34.7 Å². The van der Waals surface area contributed by atoms with Crippen LogP contribution in [0.2, 0.25) is 0 Å². The highest BCUT2D eigenvalue weighted by molar-refractivity contribution is 5.59. The molecular weight excluding hydrogens is 364 g/mol. The second-order valence-electron chi connectivity index (χ2n) is 8.56. The van der Waals surface area contributed by atoms with Crippen LogP contribution in [0.25, 0.3) is 11.5 Å². The Bertz CT molecular complexity index is 852. The van der Waals surface area contributed by atoms with E-state index in [1.54, 1.807) is 0 Å². The second-order valence-corrected chi connectivity index (χ2v) is 8.56. The van der Waals surface area contributed by atoms with Crippen LogP contribution in [0.4, 0.5) is 5.88 Å². The third-order valence-electron chi connectivity index (χ3n) is 5.93. The minimum Gasteiger partial charge on any atom is -0.419 e. The molecule has 0 bridgehead atoms. The Kier molecular flexibility index (Phi) is 5.89. The first-order valence-corrected chi connectivity index (χ1v) is 10.6. The van der Waals surface area contributed by atoms with Crippen molar-refractivity contribution in [2.75, 3.05) is 37.6 Å². The van der Waals surface area contributed by atoms with Gasteiger partial charge in [-0.2, -0.15) is 10.2 Å². The number of hydrogen-bond acceptors (Lipinski definition) is 6. The number of hydrogen-bond donors (Lipinski definition) is 0. The van der Waals surface area contributed by atoms with Gasteiger partial charge in [-0.3, -0.25) is 4.90 Å². The summed E-state index contributed by atoms with van der Waals surface area (Å²) < 4.78 is 11.9. The van der Waals surface area contributed by atoms with Crippen molar-refractivity contribution in [3.63, 3.8) is 0 Å². The molecular formula is C23H30N4O2. The average Bonchev–Trinajstić information content (AvgIpc) is 3.13. The number of aromatic nitrogens is 1. The van der Waals surface area contributed by atoms with Crippen molar-refractivity contribution in [3.8, 4) is 17.5 Å². The molecule has 154 valence electrons. The molecule has 0 amide bonds. The van der Waals surface area contributed by atoms with Crippen molar-refractivity contribution in [2.24, 2.45) is 5.92 Å². The minimum absolute atomic E-state index is 0.311. The third-order valence-corrected chi connectivity index (χ3v) is 5.93. The van der Waals surface area contributed by atoms with Crippen LogP contribution in [-0.2, 0) is 4.74 Å². The maximum Gasteiger partial charge on any atom is 0.235 e. The molecule has 0 radical (unpaired) electrons. The van der Waals surface area contributed by atoms with Crippen molar-refractivity contribution in [1.29, 1.82) is 5.26 Å². The number of oxazole rings is 1. The lowest BCUT2D eigenvalue weighted by Crippen LogP contribution is -2.48. The monoisotopic (exact) mass is 394 g/mol. The number of morpholine rings is 1. The van der Waals surface area contributed by atoms with Gasteiger partial charge in [0.25, 0.3) is 0 Å². The molecule has 2 atom stereocenters. The maximum absolute atomic E-state index is 9.55. The molecule has 1 aromatic carbocycles. The highest BCUT2D eigenvalue weighted by Crippen LogP contribution is 2.31. The van der Waals surface area contributed by atoms with Crippen LogP contribution in [0, 0.1) is 24.2 Å². The van der Waals surface area contributed by atoms with Gasteiger partial charge in [0.05, 0.1) is 12.2 Å². The van der Waals surface area contributed by atoms with Gasteiger partial charge < -0.3 is 14.1 Å². The number of ether oxygens (including phenoxy) is 1. The van der Waals surface area contributed by atoms with Crippen LogP contribution in [0.3, 0.4) is 0 Å². The van der Waals surface area contributed by atoms with Gasteiger partial charge in [0.15, 0.2) is 0 Å². The van der Waals surface area contributed by atoms with E-state index in [1.807, 2.05) is 31.2 Å². The van der Waals surface area contributed by atoms with Gasteiger partial charge in [0.2, 0.25) is 17.5 Å². The quantitative estimate of drug-likeness (QED) is 0.785. The molecule has 0 N–H and O–H groups in total. The number of nitriles is 1. The topological polar surface area (TPSA) is 65.5 Å². The van der Waals surface area contributed by atoms with Gasteiger partial charge in [-0.1, -0.05) is 17.7 Å². The lowest BCUT2D eigenvalue weighted by atomic mass is 9.95. The Morgan fingerprint density at radius 1 is 1.10 bits per heavy atom. The van der Waals surface area contributed by atoms with Gasteiger partial charge in [-0.05, 0) is 51.7 Å². The summed E-state index contributed by atoms with van der Waals surface area (Å²) in [6.07, 6.45) is 2.83. The van der Waals surface area contributed by atoms with Crippen molar-refractivity contribution in [2.45, 2.75) is 45.8 Å². The summed E-state index contributed by atoms with van der Waals surface area (Å²) in [5.74, 6) is 1.82. The van der Waals surface area contributed by atoms with Gasteiger partial charge >= 0.3 is 0 Å². The van der Waals surface area contributed by atoms with Crippen molar-refractivity contribution in [1.82, 2.24) is 9.88 Å². The molecule has 2 unspecified atom stereocenters. The van der Waals surface area contributed by atoms with Crippen LogP contribution < -0.4 is 4.90 Å². The number of piperidine rings is 1. The molecule has 2 aliphatic heterocycles. The van der Waals surface area contributed by atoms with Gasteiger partial charge in [-0.25, -0.2) is 0 Å². The summed E-state index contributed by atoms with van der Waals surface area (Å²) in [5.41, 5.74) is 2.48. The molecule has 6 nitrogen and oxygen atoms in total. The van der Waals surface area contributed by atoms with E-state index in [-0.39, 0.29) is 0 Å². The zero-order valence-electron chi connectivity index (χ0n) is 17.6. The fourth-order valence-corrected chi connectivity index (χ4v) is 4.54. The van der Waals surface area contributed by atoms with Gasteiger partial charge in [0, 0.05) is 38.3 Å². The second kappa shape index (κ2) is 8.56. The lowest BCUT2D eigenvalue weighted by Gasteiger charge is -2.39. The lowest BCUT2D eigenvalue weighted by molar-refractivity contribution is -0.0720. The zero-order chi connectivity index (χ0) is 20.4. The molecule has 0 aliphatic carbocycles. The summed E-state index contributed by atoms with van der Waals surface area (Å²) >= 11 is 0. The van der Waals surface area contributed by atoms with E-state index >= 15 is 0 Å². The maximum atomic E-state index is 9.55. The molecule has 3 heterocycles. The summed E-state index contributed by atoms with van der Waals surface area (Å²) in [7, 11) is 0. The molecule has 4 rings (SSSR count). The molecule has 0 saturated carbocycles. The molecule has 2 saturated heterocycles. The molecule has 6 heteroatoms. The number of benzene rings is 1. The highest BCUT2D eigenvalue weighted by atomic mass is 16.5. The van der Waals surface area contributed by atoms with Crippen LogP contribution >= 0.6 is 0 Å². The molecule has 0 spiro atoms. The van der Waals surface area contributed by atoms with Crippen LogP contribution in [-0.4, -0.2) is 54.8 Å². The van der Waals surface area contributed by atoms with Crippen LogP contribution in [0.1, 0.15) is 37.9 Å². The van der Waals surface area contributed by atoms with E-state index in [0.717, 1.165) is 51.1 Å². The summed E-state index contributed by atoms with van der Waals surface area (Å²) in [5, 5.41) is 9.55. The van der Waals surface area contributed by atoms with Gasteiger partial charge in [0.1, 0.15) is 6.07 Å². The number of aryl methyl sites for hydroxylation is 1. The summed E-state index contributed by atoms with van der Waals surface area (Å²) in [6.45, 7) is 11.3. The first-order chi connectivity index (χ1) is 14.0. The smallest absolute Gasteiger partial charge is 0.235 e. The minimum atomic E-state index is 0.311. The van der Waals surface area contributed by atoms with Crippen molar-refractivity contribution < 1.29 is 9.15 Å². The predicted molar refractivity (Wildman–Crippen MR) is 113 cm³/mol. The number of rotatable bonds is 4. The first-order valence-electron chi connectivity index (χ1n) is 10.6. The Morgan fingerprint density at radius 3 is 2.38 bits per heavy atom. The van der Waals surface area contributed by atoms with Gasteiger partial charge in [-0.15, -0.1) is 0 Å². The van der Waals surface area contributed by atoms with Crippen LogP contribution in [0.15, 0.2) is 28.7 Å². The Balaban J connectivity index is 1.39. The zero-order valence-corrected chi connectivity index (χ0v) is 17.6. The normalized spacial score (nSPS) is 23.9. The summed E-state index contributed by atoms with van der Waals surface area (Å²) in [4.78, 5) is 9.17. The average molecular weight is 395 g/mol. The molecule has 1 aromatic heterocycles. The van der Waals surface area contributed by atoms with Crippen molar-refractivity contribution >= 4 is 5.88 Å². The molecule has 2 aliphatic rings. The SMILES string of the molecule is Cc1ccc(-c2nc(C#N)c(N3CCC(CN4CC(C)OC(C)C4)CC3)o2)cc1. The number of anilines is 1. The van der Waals surface area contributed by atoms with E-state index in [1.165, 1.54) is 5.56 Å².